The average molecular weight is 448 g/mol. The van der Waals surface area contributed by atoms with Gasteiger partial charge in [-0.05, 0) is 55.3 Å². The van der Waals surface area contributed by atoms with Gasteiger partial charge in [-0.25, -0.2) is 9.37 Å². The molecule has 3 aromatic rings. The van der Waals surface area contributed by atoms with Crippen molar-refractivity contribution >= 4 is 11.8 Å². The summed E-state index contributed by atoms with van der Waals surface area (Å²) in [6.07, 6.45) is -3.24. The van der Waals surface area contributed by atoms with Crippen LogP contribution >= 0.6 is 0 Å². The zero-order valence-corrected chi connectivity index (χ0v) is 17.2. The number of rotatable bonds is 7. The first-order chi connectivity index (χ1) is 15.0. The molecule has 32 heavy (non-hydrogen) atoms. The van der Waals surface area contributed by atoms with E-state index in [2.05, 4.69) is 15.0 Å². The van der Waals surface area contributed by atoms with E-state index in [1.54, 1.807) is 24.3 Å². The third-order valence-electron chi connectivity index (χ3n) is 4.88. The fraction of sp³-hybridized carbons (Fsp3) is 0.217. The SMILES string of the molecule is CC(C)(C(=O)O)c1ccc(-c2ccc(NCc3cccc(OC(F)(F)F)c3)nc2)cc1F. The Balaban J connectivity index is 1.69. The molecule has 0 atom stereocenters. The zero-order valence-electron chi connectivity index (χ0n) is 17.2. The molecule has 0 aliphatic carbocycles. The highest BCUT2D eigenvalue weighted by Crippen LogP contribution is 2.30. The summed E-state index contributed by atoms with van der Waals surface area (Å²) in [5.74, 6) is -1.59. The van der Waals surface area contributed by atoms with Gasteiger partial charge in [0.05, 0.1) is 5.41 Å². The van der Waals surface area contributed by atoms with Gasteiger partial charge in [-0.15, -0.1) is 13.2 Å². The van der Waals surface area contributed by atoms with Gasteiger partial charge in [-0.2, -0.15) is 0 Å². The Hall–Kier alpha value is -3.62. The zero-order chi connectivity index (χ0) is 23.5. The molecule has 0 amide bonds. The van der Waals surface area contributed by atoms with Gasteiger partial charge in [-0.1, -0.05) is 24.3 Å². The molecule has 2 aromatic carbocycles. The predicted molar refractivity (Wildman–Crippen MR) is 111 cm³/mol. The average Bonchev–Trinajstić information content (AvgIpc) is 2.71. The summed E-state index contributed by atoms with van der Waals surface area (Å²) >= 11 is 0. The Labute approximate surface area is 181 Å². The number of alkyl halides is 3. The van der Waals surface area contributed by atoms with Gasteiger partial charge in [0, 0.05) is 23.9 Å². The van der Waals surface area contributed by atoms with Crippen LogP contribution in [0.5, 0.6) is 5.75 Å². The van der Waals surface area contributed by atoms with E-state index in [-0.39, 0.29) is 17.9 Å². The van der Waals surface area contributed by atoms with E-state index in [1.165, 1.54) is 50.4 Å². The lowest BCUT2D eigenvalue weighted by Crippen LogP contribution is -2.29. The molecule has 1 heterocycles. The number of nitrogens with zero attached hydrogens (tertiary/aromatic N) is 1. The number of aliphatic carboxylic acids is 1. The van der Waals surface area contributed by atoms with Crippen LogP contribution in [0.3, 0.4) is 0 Å². The number of carboxylic acids is 1. The molecule has 0 aliphatic rings. The summed E-state index contributed by atoms with van der Waals surface area (Å²) in [5.41, 5.74) is 0.433. The van der Waals surface area contributed by atoms with E-state index < -0.39 is 23.6 Å². The Morgan fingerprint density at radius 3 is 2.38 bits per heavy atom. The van der Waals surface area contributed by atoms with Crippen molar-refractivity contribution in [2.75, 3.05) is 5.32 Å². The monoisotopic (exact) mass is 448 g/mol. The quantitative estimate of drug-likeness (QED) is 0.450. The first-order valence-corrected chi connectivity index (χ1v) is 9.54. The maximum atomic E-state index is 14.5. The number of carboxylic acid groups (broad SMARTS) is 1. The highest BCUT2D eigenvalue weighted by atomic mass is 19.4. The summed E-state index contributed by atoms with van der Waals surface area (Å²) in [6.45, 7) is 3.08. The van der Waals surface area contributed by atoms with Crippen LogP contribution in [0.1, 0.15) is 25.0 Å². The maximum Gasteiger partial charge on any atom is 0.573 e. The number of hydrogen-bond acceptors (Lipinski definition) is 4. The summed E-state index contributed by atoms with van der Waals surface area (Å²) in [4.78, 5) is 15.6. The lowest BCUT2D eigenvalue weighted by atomic mass is 9.83. The molecule has 2 N–H and O–H groups in total. The molecule has 0 unspecified atom stereocenters. The largest absolute Gasteiger partial charge is 0.573 e. The lowest BCUT2D eigenvalue weighted by Gasteiger charge is -2.20. The van der Waals surface area contributed by atoms with Gasteiger partial charge in [0.1, 0.15) is 17.4 Å². The van der Waals surface area contributed by atoms with Crippen molar-refractivity contribution in [3.8, 4) is 16.9 Å². The minimum atomic E-state index is -4.76. The third-order valence-corrected chi connectivity index (χ3v) is 4.88. The van der Waals surface area contributed by atoms with Crippen LogP contribution in [0.25, 0.3) is 11.1 Å². The normalized spacial score (nSPS) is 11.8. The molecule has 1 aromatic heterocycles. The van der Waals surface area contributed by atoms with Gasteiger partial charge in [0.25, 0.3) is 0 Å². The molecule has 0 saturated carbocycles. The molecule has 0 bridgehead atoms. The van der Waals surface area contributed by atoms with Crippen LogP contribution in [0.15, 0.2) is 60.8 Å². The second-order valence-electron chi connectivity index (χ2n) is 7.61. The molecule has 5 nitrogen and oxygen atoms in total. The number of ether oxygens (including phenoxy) is 1. The van der Waals surface area contributed by atoms with E-state index in [9.17, 15) is 27.5 Å². The third kappa shape index (κ3) is 5.54. The molecule has 0 aliphatic heterocycles. The topological polar surface area (TPSA) is 71.5 Å². The molecule has 3 rings (SSSR count). The number of hydrogen-bond donors (Lipinski definition) is 2. The van der Waals surface area contributed by atoms with E-state index >= 15 is 0 Å². The van der Waals surface area contributed by atoms with Crippen LogP contribution in [-0.2, 0) is 16.8 Å². The van der Waals surface area contributed by atoms with Crippen LogP contribution in [-0.4, -0.2) is 22.4 Å². The van der Waals surface area contributed by atoms with E-state index in [0.717, 1.165) is 0 Å². The summed E-state index contributed by atoms with van der Waals surface area (Å²) in [7, 11) is 0. The molecule has 0 fully saturated rings. The molecule has 0 spiro atoms. The van der Waals surface area contributed by atoms with Crippen molar-refractivity contribution in [1.29, 1.82) is 0 Å². The van der Waals surface area contributed by atoms with E-state index in [1.807, 2.05) is 0 Å². The van der Waals surface area contributed by atoms with Crippen molar-refractivity contribution < 1.29 is 32.2 Å². The summed E-state index contributed by atoms with van der Waals surface area (Å²) in [5, 5.41) is 12.3. The summed E-state index contributed by atoms with van der Waals surface area (Å²) in [6, 6.07) is 13.3. The molecule has 9 heteroatoms. The van der Waals surface area contributed by atoms with Crippen LogP contribution in [0.4, 0.5) is 23.4 Å². The van der Waals surface area contributed by atoms with Gasteiger partial charge in [-0.3, -0.25) is 4.79 Å². The number of aromatic nitrogens is 1. The predicted octanol–water partition coefficient (Wildman–Crippen LogP) is 5.76. The van der Waals surface area contributed by atoms with Crippen LogP contribution in [0.2, 0.25) is 0 Å². The number of carbonyl (C=O) groups is 1. The smallest absolute Gasteiger partial charge is 0.481 e. The van der Waals surface area contributed by atoms with Crippen molar-refractivity contribution in [2.45, 2.75) is 32.2 Å². The molecular weight excluding hydrogens is 428 g/mol. The van der Waals surface area contributed by atoms with Crippen LogP contribution in [0, 0.1) is 5.82 Å². The number of halogens is 4. The number of benzene rings is 2. The summed E-state index contributed by atoms with van der Waals surface area (Å²) < 4.78 is 55.5. The second-order valence-corrected chi connectivity index (χ2v) is 7.61. The fourth-order valence-electron chi connectivity index (χ4n) is 3.03. The molecule has 168 valence electrons. The van der Waals surface area contributed by atoms with Crippen molar-refractivity contribution in [3.05, 3.63) is 77.7 Å². The fourth-order valence-corrected chi connectivity index (χ4v) is 3.03. The van der Waals surface area contributed by atoms with Crippen molar-refractivity contribution in [1.82, 2.24) is 4.98 Å². The maximum absolute atomic E-state index is 14.5. The van der Waals surface area contributed by atoms with E-state index in [4.69, 9.17) is 0 Å². The highest BCUT2D eigenvalue weighted by molar-refractivity contribution is 5.80. The van der Waals surface area contributed by atoms with Gasteiger partial charge >= 0.3 is 12.3 Å². The molecule has 0 radical (unpaired) electrons. The molecule has 0 saturated heterocycles. The number of nitrogens with one attached hydrogen (secondary N) is 1. The van der Waals surface area contributed by atoms with Crippen molar-refractivity contribution in [2.24, 2.45) is 0 Å². The second kappa shape index (κ2) is 8.86. The minimum absolute atomic E-state index is 0.0803. The van der Waals surface area contributed by atoms with Gasteiger partial charge in [0.15, 0.2) is 0 Å². The van der Waals surface area contributed by atoms with Crippen molar-refractivity contribution in [3.63, 3.8) is 0 Å². The first-order valence-electron chi connectivity index (χ1n) is 9.54. The lowest BCUT2D eigenvalue weighted by molar-refractivity contribution is -0.274. The standard InChI is InChI=1S/C23H20F4N2O3/c1-22(2,21(30)31)18-8-6-15(11-19(18)24)16-7-9-20(29-13-16)28-12-14-4-3-5-17(10-14)32-23(25,26)27/h3-11,13H,12H2,1-2H3,(H,28,29)(H,30,31). The van der Waals surface area contributed by atoms with Crippen LogP contribution < -0.4 is 10.1 Å². The number of pyridine rings is 1. The Morgan fingerprint density at radius 2 is 1.78 bits per heavy atom. The first kappa shape index (κ1) is 23.1. The van der Waals surface area contributed by atoms with E-state index in [0.29, 0.717) is 22.5 Å². The Bertz CT molecular complexity index is 1110. The van der Waals surface area contributed by atoms with Gasteiger partial charge in [0.2, 0.25) is 0 Å². The molecular formula is C23H20F4N2O3. The number of anilines is 1. The highest BCUT2D eigenvalue weighted by Gasteiger charge is 2.32. The van der Waals surface area contributed by atoms with Gasteiger partial charge < -0.3 is 15.2 Å². The Morgan fingerprint density at radius 1 is 1.06 bits per heavy atom. The minimum Gasteiger partial charge on any atom is -0.481 e. The Kier molecular flexibility index (Phi) is 6.38.